The quantitative estimate of drug-likeness (QED) is 0.680. The summed E-state index contributed by atoms with van der Waals surface area (Å²) in [6.07, 6.45) is 0. The molecule has 0 aliphatic rings. The highest BCUT2D eigenvalue weighted by Gasteiger charge is 2.11. The van der Waals surface area contributed by atoms with E-state index in [1.807, 2.05) is 43.3 Å². The molecule has 0 fully saturated rings. The Morgan fingerprint density at radius 3 is 2.21 bits per heavy atom. The lowest BCUT2D eigenvalue weighted by atomic mass is 10.1. The molecule has 0 bridgehead atoms. The van der Waals surface area contributed by atoms with Crippen molar-refractivity contribution in [2.24, 2.45) is 0 Å². The number of amides is 2. The van der Waals surface area contributed by atoms with Crippen molar-refractivity contribution in [1.82, 2.24) is 5.32 Å². The largest absolute Gasteiger partial charge is 0.495 e. The van der Waals surface area contributed by atoms with Crippen LogP contribution in [-0.2, 0) is 6.54 Å². The van der Waals surface area contributed by atoms with E-state index in [0.717, 1.165) is 11.1 Å². The van der Waals surface area contributed by atoms with Crippen molar-refractivity contribution in [2.75, 3.05) is 12.4 Å². The summed E-state index contributed by atoms with van der Waals surface area (Å²) in [5.41, 5.74) is 3.75. The Hall–Kier alpha value is -3.60. The number of para-hydroxylation sites is 2. The molecule has 3 aromatic carbocycles. The van der Waals surface area contributed by atoms with Gasteiger partial charge in [-0.25, -0.2) is 0 Å². The number of hydrogen-bond acceptors (Lipinski definition) is 3. The molecule has 3 rings (SSSR count). The number of anilines is 1. The van der Waals surface area contributed by atoms with Crippen molar-refractivity contribution in [1.29, 1.82) is 0 Å². The molecular weight excluding hydrogens is 352 g/mol. The third-order valence-electron chi connectivity index (χ3n) is 4.30. The van der Waals surface area contributed by atoms with Gasteiger partial charge in [0, 0.05) is 17.7 Å². The van der Waals surface area contributed by atoms with Crippen LogP contribution in [0.3, 0.4) is 0 Å². The highest BCUT2D eigenvalue weighted by Crippen LogP contribution is 2.23. The summed E-state index contributed by atoms with van der Waals surface area (Å²) in [6.45, 7) is 2.47. The Bertz CT molecular complexity index is 981. The number of methoxy groups -OCH3 is 1. The maximum Gasteiger partial charge on any atom is 0.255 e. The molecule has 0 atom stereocenters. The molecule has 0 aliphatic carbocycles. The fourth-order valence-electron chi connectivity index (χ4n) is 2.82. The average molecular weight is 374 g/mol. The predicted molar refractivity (Wildman–Crippen MR) is 110 cm³/mol. The van der Waals surface area contributed by atoms with Gasteiger partial charge in [-0.3, -0.25) is 9.59 Å². The Labute approximate surface area is 164 Å². The van der Waals surface area contributed by atoms with Gasteiger partial charge in [0.1, 0.15) is 5.75 Å². The van der Waals surface area contributed by atoms with Crippen LogP contribution in [0, 0.1) is 6.92 Å². The van der Waals surface area contributed by atoms with Crippen molar-refractivity contribution in [3.8, 4) is 5.75 Å². The van der Waals surface area contributed by atoms with Gasteiger partial charge in [0.25, 0.3) is 11.8 Å². The molecule has 2 N–H and O–H groups in total. The number of ether oxygens (including phenoxy) is 1. The molecule has 0 aliphatic heterocycles. The van der Waals surface area contributed by atoms with Crippen LogP contribution in [0.1, 0.15) is 31.8 Å². The second-order valence-corrected chi connectivity index (χ2v) is 6.40. The van der Waals surface area contributed by atoms with Gasteiger partial charge >= 0.3 is 0 Å². The van der Waals surface area contributed by atoms with Crippen LogP contribution in [0.4, 0.5) is 5.69 Å². The van der Waals surface area contributed by atoms with Gasteiger partial charge in [0.15, 0.2) is 0 Å². The molecule has 5 nitrogen and oxygen atoms in total. The molecule has 5 heteroatoms. The number of aryl methyl sites for hydroxylation is 1. The Morgan fingerprint density at radius 2 is 1.54 bits per heavy atom. The number of nitrogens with one attached hydrogen (secondary N) is 2. The van der Waals surface area contributed by atoms with E-state index in [4.69, 9.17) is 4.74 Å². The predicted octanol–water partition coefficient (Wildman–Crippen LogP) is 4.19. The highest BCUT2D eigenvalue weighted by molar-refractivity contribution is 6.05. The maximum atomic E-state index is 12.4. The van der Waals surface area contributed by atoms with Crippen molar-refractivity contribution in [3.05, 3.63) is 95.1 Å². The second kappa shape index (κ2) is 8.86. The minimum absolute atomic E-state index is 0.182. The summed E-state index contributed by atoms with van der Waals surface area (Å²) in [6, 6.07) is 21.7. The van der Waals surface area contributed by atoms with E-state index >= 15 is 0 Å². The Morgan fingerprint density at radius 1 is 0.857 bits per heavy atom. The topological polar surface area (TPSA) is 67.4 Å². The molecular formula is C23H22N2O3. The molecule has 0 saturated heterocycles. The lowest BCUT2D eigenvalue weighted by Crippen LogP contribution is -2.23. The van der Waals surface area contributed by atoms with Crippen LogP contribution in [0.25, 0.3) is 0 Å². The van der Waals surface area contributed by atoms with Gasteiger partial charge in [-0.05, 0) is 48.9 Å². The van der Waals surface area contributed by atoms with Gasteiger partial charge in [-0.1, -0.05) is 42.0 Å². The van der Waals surface area contributed by atoms with Crippen LogP contribution in [0.5, 0.6) is 5.75 Å². The first-order valence-corrected chi connectivity index (χ1v) is 8.95. The molecule has 142 valence electrons. The fourth-order valence-corrected chi connectivity index (χ4v) is 2.82. The zero-order valence-corrected chi connectivity index (χ0v) is 15.9. The molecule has 28 heavy (non-hydrogen) atoms. The summed E-state index contributed by atoms with van der Waals surface area (Å²) in [4.78, 5) is 24.8. The lowest BCUT2D eigenvalue weighted by Gasteiger charge is -2.10. The molecule has 0 aromatic heterocycles. The third-order valence-corrected chi connectivity index (χ3v) is 4.30. The van der Waals surface area contributed by atoms with E-state index in [0.29, 0.717) is 29.1 Å². The molecule has 0 spiro atoms. The number of rotatable bonds is 6. The van der Waals surface area contributed by atoms with E-state index in [2.05, 4.69) is 10.6 Å². The third kappa shape index (κ3) is 4.76. The van der Waals surface area contributed by atoms with Gasteiger partial charge in [-0.2, -0.15) is 0 Å². The van der Waals surface area contributed by atoms with Gasteiger partial charge < -0.3 is 15.4 Å². The number of benzene rings is 3. The first-order valence-electron chi connectivity index (χ1n) is 8.95. The number of carbonyl (C=O) groups is 2. The van der Waals surface area contributed by atoms with Gasteiger partial charge in [0.05, 0.1) is 12.8 Å². The maximum absolute atomic E-state index is 12.4. The van der Waals surface area contributed by atoms with Crippen molar-refractivity contribution >= 4 is 17.5 Å². The Balaban J connectivity index is 1.62. The van der Waals surface area contributed by atoms with Crippen LogP contribution in [0.15, 0.2) is 72.8 Å². The molecule has 2 amide bonds. The van der Waals surface area contributed by atoms with E-state index in [1.165, 1.54) is 0 Å². The van der Waals surface area contributed by atoms with Crippen molar-refractivity contribution < 1.29 is 14.3 Å². The highest BCUT2D eigenvalue weighted by atomic mass is 16.5. The van der Waals surface area contributed by atoms with Crippen LogP contribution >= 0.6 is 0 Å². The summed E-state index contributed by atoms with van der Waals surface area (Å²) < 4.78 is 5.24. The fraction of sp³-hybridized carbons (Fsp3) is 0.130. The summed E-state index contributed by atoms with van der Waals surface area (Å²) in [5, 5.41) is 5.70. The summed E-state index contributed by atoms with van der Waals surface area (Å²) in [5.74, 6) is 0.136. The normalized spacial score (nSPS) is 10.2. The van der Waals surface area contributed by atoms with Gasteiger partial charge in [-0.15, -0.1) is 0 Å². The zero-order chi connectivity index (χ0) is 19.9. The summed E-state index contributed by atoms with van der Waals surface area (Å²) >= 11 is 0. The van der Waals surface area contributed by atoms with E-state index in [1.54, 1.807) is 43.5 Å². The van der Waals surface area contributed by atoms with Crippen molar-refractivity contribution in [3.63, 3.8) is 0 Å². The van der Waals surface area contributed by atoms with E-state index < -0.39 is 0 Å². The SMILES string of the molecule is COc1ccccc1NC(=O)c1ccc(C(=O)NCc2cccc(C)c2)cc1. The average Bonchev–Trinajstić information content (AvgIpc) is 2.72. The van der Waals surface area contributed by atoms with Crippen LogP contribution in [-0.4, -0.2) is 18.9 Å². The van der Waals surface area contributed by atoms with E-state index in [9.17, 15) is 9.59 Å². The molecule has 0 heterocycles. The molecule has 0 unspecified atom stereocenters. The standard InChI is InChI=1S/C23H22N2O3/c1-16-6-5-7-17(14-16)15-24-22(26)18-10-12-19(13-11-18)23(27)25-20-8-3-4-9-21(20)28-2/h3-14H,15H2,1-2H3,(H,24,26)(H,25,27). The monoisotopic (exact) mass is 374 g/mol. The van der Waals surface area contributed by atoms with Crippen LogP contribution in [0.2, 0.25) is 0 Å². The second-order valence-electron chi connectivity index (χ2n) is 6.40. The van der Waals surface area contributed by atoms with Gasteiger partial charge in [0.2, 0.25) is 0 Å². The first kappa shape index (κ1) is 19.2. The van der Waals surface area contributed by atoms with Crippen molar-refractivity contribution in [2.45, 2.75) is 13.5 Å². The molecule has 3 aromatic rings. The number of hydrogen-bond donors (Lipinski definition) is 2. The Kier molecular flexibility index (Phi) is 6.07. The summed E-state index contributed by atoms with van der Waals surface area (Å²) in [7, 11) is 1.55. The zero-order valence-electron chi connectivity index (χ0n) is 15.9. The first-order chi connectivity index (χ1) is 13.6. The smallest absolute Gasteiger partial charge is 0.255 e. The van der Waals surface area contributed by atoms with E-state index in [-0.39, 0.29) is 11.8 Å². The number of carbonyl (C=O) groups excluding carboxylic acids is 2. The lowest BCUT2D eigenvalue weighted by molar-refractivity contribution is 0.0949. The molecule has 0 saturated carbocycles. The minimum atomic E-state index is -0.267. The molecule has 0 radical (unpaired) electrons. The van der Waals surface area contributed by atoms with Crippen LogP contribution < -0.4 is 15.4 Å². The minimum Gasteiger partial charge on any atom is -0.495 e.